The lowest BCUT2D eigenvalue weighted by Crippen LogP contribution is -2.34. The normalized spacial score (nSPS) is 18.3. The Morgan fingerprint density at radius 2 is 1.67 bits per heavy atom. The molecule has 2 aromatic carbocycles. The third-order valence-electron chi connectivity index (χ3n) is 4.57. The van der Waals surface area contributed by atoms with Gasteiger partial charge in [0.15, 0.2) is 0 Å². The van der Waals surface area contributed by atoms with Crippen molar-refractivity contribution in [2.75, 3.05) is 0 Å². The number of aliphatic hydroxyl groups is 1. The maximum atomic E-state index is 12.5. The number of esters is 1. The van der Waals surface area contributed by atoms with Gasteiger partial charge in [0.05, 0.1) is 22.3 Å². The van der Waals surface area contributed by atoms with E-state index in [1.165, 1.54) is 6.08 Å². The van der Waals surface area contributed by atoms with Crippen molar-refractivity contribution in [1.82, 2.24) is 0 Å². The van der Waals surface area contributed by atoms with Gasteiger partial charge in [-0.05, 0) is 30.3 Å². The van der Waals surface area contributed by atoms with E-state index >= 15 is 0 Å². The molecule has 3 aromatic rings. The van der Waals surface area contributed by atoms with Gasteiger partial charge in [0.25, 0.3) is 6.29 Å². The van der Waals surface area contributed by atoms with Crippen molar-refractivity contribution in [2.24, 2.45) is 0 Å². The smallest absolute Gasteiger partial charge is 0.344 e. The number of carbonyl (C=O) groups excluding carboxylic acids is 1. The number of benzene rings is 2. The van der Waals surface area contributed by atoms with Gasteiger partial charge in [-0.2, -0.15) is 0 Å². The molecule has 0 saturated carbocycles. The summed E-state index contributed by atoms with van der Waals surface area (Å²) < 4.78 is 16.3. The van der Waals surface area contributed by atoms with Crippen LogP contribution in [-0.4, -0.2) is 17.4 Å². The van der Waals surface area contributed by atoms with Crippen molar-refractivity contribution < 1.29 is 23.8 Å². The van der Waals surface area contributed by atoms with Crippen molar-refractivity contribution in [3.8, 4) is 5.75 Å². The average Bonchev–Trinajstić information content (AvgIpc) is 2.67. The molecule has 1 atom stereocenters. The lowest BCUT2D eigenvalue weighted by atomic mass is 9.97. The molecule has 1 N–H and O–H groups in total. The van der Waals surface area contributed by atoms with E-state index in [9.17, 15) is 14.7 Å². The van der Waals surface area contributed by atoms with E-state index in [-0.39, 0.29) is 22.5 Å². The van der Waals surface area contributed by atoms with Gasteiger partial charge in [0.1, 0.15) is 17.1 Å². The number of aliphatic hydroxyl groups excluding tert-OH is 1. The SMILES string of the molecule is O=C1OC2Oc3ccccc3C(O)=C2C=C1c1cc2ccccc2oc1=O. The van der Waals surface area contributed by atoms with Gasteiger partial charge in [-0.15, -0.1) is 0 Å². The minimum atomic E-state index is -1.07. The van der Waals surface area contributed by atoms with Crippen LogP contribution in [0.15, 0.2) is 75.5 Å². The highest BCUT2D eigenvalue weighted by atomic mass is 16.7. The second kappa shape index (κ2) is 5.60. The molecule has 0 saturated heterocycles. The van der Waals surface area contributed by atoms with Crippen LogP contribution in [0.3, 0.4) is 0 Å². The first-order valence-electron chi connectivity index (χ1n) is 8.27. The Labute approximate surface area is 152 Å². The second-order valence-corrected chi connectivity index (χ2v) is 6.20. The molecule has 0 spiro atoms. The van der Waals surface area contributed by atoms with Gasteiger partial charge in [-0.1, -0.05) is 30.3 Å². The van der Waals surface area contributed by atoms with Crippen LogP contribution in [0.4, 0.5) is 0 Å². The van der Waals surface area contributed by atoms with E-state index in [2.05, 4.69) is 0 Å². The third-order valence-corrected chi connectivity index (χ3v) is 4.57. The highest BCUT2D eigenvalue weighted by Crippen LogP contribution is 2.39. The molecule has 1 unspecified atom stereocenters. The summed E-state index contributed by atoms with van der Waals surface area (Å²) in [6, 6.07) is 15.5. The molecule has 5 rings (SSSR count). The predicted molar refractivity (Wildman–Crippen MR) is 97.0 cm³/mol. The zero-order valence-electron chi connectivity index (χ0n) is 13.8. The first-order valence-corrected chi connectivity index (χ1v) is 8.27. The lowest BCUT2D eigenvalue weighted by molar-refractivity contribution is -0.152. The van der Waals surface area contributed by atoms with Crippen LogP contribution in [0.25, 0.3) is 22.3 Å². The third kappa shape index (κ3) is 2.34. The summed E-state index contributed by atoms with van der Waals surface area (Å²) in [5.74, 6) is -0.367. The summed E-state index contributed by atoms with van der Waals surface area (Å²) in [5.41, 5.74) is 0.601. The molecule has 132 valence electrons. The van der Waals surface area contributed by atoms with Gasteiger partial charge >= 0.3 is 11.6 Å². The summed E-state index contributed by atoms with van der Waals surface area (Å²) in [5, 5.41) is 11.3. The monoisotopic (exact) mass is 360 g/mol. The van der Waals surface area contributed by atoms with Crippen LogP contribution in [0.2, 0.25) is 0 Å². The summed E-state index contributed by atoms with van der Waals surface area (Å²) in [6.45, 7) is 0. The Balaban J connectivity index is 1.71. The zero-order chi connectivity index (χ0) is 18.5. The standard InChI is InChI=1S/C21H12O6/c22-18-12-6-2-4-8-17(12)26-21-15(18)10-14(20(24)27-21)13-9-11-5-1-3-7-16(11)25-19(13)23/h1-10,21-22H. The number of fused-ring (bicyclic) bond motifs is 3. The molecule has 0 bridgehead atoms. The fourth-order valence-electron chi connectivity index (χ4n) is 3.25. The fraction of sp³-hybridized carbons (Fsp3) is 0.0476. The molecule has 6 heteroatoms. The summed E-state index contributed by atoms with van der Waals surface area (Å²) in [7, 11) is 0. The van der Waals surface area contributed by atoms with Crippen LogP contribution < -0.4 is 10.4 Å². The Hall–Kier alpha value is -3.80. The number of hydrogen-bond acceptors (Lipinski definition) is 6. The largest absolute Gasteiger partial charge is 0.507 e. The van der Waals surface area contributed by atoms with Crippen molar-refractivity contribution in [3.63, 3.8) is 0 Å². The van der Waals surface area contributed by atoms with Gasteiger partial charge < -0.3 is 19.0 Å². The molecule has 6 nitrogen and oxygen atoms in total. The minimum Gasteiger partial charge on any atom is -0.507 e. The number of rotatable bonds is 1. The maximum Gasteiger partial charge on any atom is 0.344 e. The van der Waals surface area contributed by atoms with Crippen LogP contribution >= 0.6 is 0 Å². The molecular formula is C21H12O6. The van der Waals surface area contributed by atoms with Gasteiger partial charge in [-0.3, -0.25) is 0 Å². The maximum absolute atomic E-state index is 12.5. The van der Waals surface area contributed by atoms with Crippen LogP contribution in [0, 0.1) is 0 Å². The topological polar surface area (TPSA) is 86.0 Å². The van der Waals surface area contributed by atoms with Gasteiger partial charge in [0, 0.05) is 5.39 Å². The molecule has 3 heterocycles. The van der Waals surface area contributed by atoms with Crippen molar-refractivity contribution >= 4 is 28.3 Å². The van der Waals surface area contributed by atoms with E-state index < -0.39 is 17.9 Å². The van der Waals surface area contributed by atoms with E-state index in [0.717, 1.165) is 0 Å². The molecule has 2 aliphatic rings. The first kappa shape index (κ1) is 15.5. The summed E-state index contributed by atoms with van der Waals surface area (Å²) in [6.07, 6.45) is 0.353. The zero-order valence-corrected chi connectivity index (χ0v) is 13.8. The van der Waals surface area contributed by atoms with Crippen LogP contribution in [0.1, 0.15) is 11.1 Å². The Kier molecular flexibility index (Phi) is 3.21. The molecule has 0 amide bonds. The van der Waals surface area contributed by atoms with Crippen LogP contribution in [-0.2, 0) is 9.53 Å². The number of ether oxygens (including phenoxy) is 2. The molecule has 0 fully saturated rings. The Bertz CT molecular complexity index is 1230. The summed E-state index contributed by atoms with van der Waals surface area (Å²) in [4.78, 5) is 24.9. The van der Waals surface area contributed by atoms with Crippen molar-refractivity contribution in [1.29, 1.82) is 0 Å². The first-order chi connectivity index (χ1) is 13.1. The Morgan fingerprint density at radius 1 is 0.889 bits per heavy atom. The van der Waals surface area contributed by atoms with Crippen molar-refractivity contribution in [3.05, 3.63) is 87.8 Å². The van der Waals surface area contributed by atoms with Gasteiger partial charge in [-0.25, -0.2) is 9.59 Å². The Morgan fingerprint density at radius 3 is 2.56 bits per heavy atom. The number of carbonyl (C=O) groups is 1. The second-order valence-electron chi connectivity index (χ2n) is 6.20. The predicted octanol–water partition coefficient (Wildman–Crippen LogP) is 3.42. The molecule has 0 aliphatic carbocycles. The fourth-order valence-corrected chi connectivity index (χ4v) is 3.25. The van der Waals surface area contributed by atoms with Crippen molar-refractivity contribution in [2.45, 2.75) is 6.29 Å². The van der Waals surface area contributed by atoms with E-state index in [1.54, 1.807) is 54.6 Å². The van der Waals surface area contributed by atoms with E-state index in [4.69, 9.17) is 13.9 Å². The average molecular weight is 360 g/mol. The van der Waals surface area contributed by atoms with Crippen LogP contribution in [0.5, 0.6) is 5.75 Å². The molecule has 27 heavy (non-hydrogen) atoms. The van der Waals surface area contributed by atoms with E-state index in [0.29, 0.717) is 22.3 Å². The molecular weight excluding hydrogens is 348 g/mol. The number of para-hydroxylation sites is 2. The highest BCUT2D eigenvalue weighted by molar-refractivity contribution is 6.18. The highest BCUT2D eigenvalue weighted by Gasteiger charge is 2.36. The quantitative estimate of drug-likeness (QED) is 0.529. The lowest BCUT2D eigenvalue weighted by Gasteiger charge is -2.30. The molecule has 2 aliphatic heterocycles. The van der Waals surface area contributed by atoms with Gasteiger partial charge in [0.2, 0.25) is 0 Å². The summed E-state index contributed by atoms with van der Waals surface area (Å²) >= 11 is 0. The number of hydrogen-bond donors (Lipinski definition) is 1. The molecule has 1 aromatic heterocycles. The molecule has 0 radical (unpaired) electrons. The minimum absolute atomic E-state index is 0.00952. The van der Waals surface area contributed by atoms with E-state index in [1.807, 2.05) is 0 Å².